The standard InChI is InChI=1S/C18H13N3O4/c22-18(23)20(16-5-7-17(8-6-16)21(24)25)15-3-1-13(2-4-15)14-9-11-19-12-10-14/h1-12H,(H,22,23). The molecule has 0 aliphatic rings. The highest BCUT2D eigenvalue weighted by Gasteiger charge is 2.18. The van der Waals surface area contributed by atoms with Gasteiger partial charge in [-0.1, -0.05) is 12.1 Å². The van der Waals surface area contributed by atoms with Gasteiger partial charge in [-0.25, -0.2) is 9.69 Å². The maximum atomic E-state index is 11.7. The zero-order chi connectivity index (χ0) is 17.8. The molecule has 0 radical (unpaired) electrons. The highest BCUT2D eigenvalue weighted by atomic mass is 16.6. The smallest absolute Gasteiger partial charge is 0.416 e. The Hall–Kier alpha value is -3.74. The van der Waals surface area contributed by atoms with E-state index in [1.165, 1.54) is 24.3 Å². The van der Waals surface area contributed by atoms with Crippen LogP contribution in [0.25, 0.3) is 11.1 Å². The van der Waals surface area contributed by atoms with Gasteiger partial charge >= 0.3 is 6.09 Å². The number of rotatable bonds is 4. The van der Waals surface area contributed by atoms with Crippen molar-refractivity contribution < 1.29 is 14.8 Å². The van der Waals surface area contributed by atoms with Crippen molar-refractivity contribution in [2.75, 3.05) is 4.90 Å². The molecule has 0 aliphatic heterocycles. The fourth-order valence-electron chi connectivity index (χ4n) is 2.44. The first-order chi connectivity index (χ1) is 12.1. The van der Waals surface area contributed by atoms with Gasteiger partial charge in [0.2, 0.25) is 0 Å². The van der Waals surface area contributed by atoms with Crippen LogP contribution in [0, 0.1) is 10.1 Å². The van der Waals surface area contributed by atoms with Crippen molar-refractivity contribution in [1.29, 1.82) is 0 Å². The SMILES string of the molecule is O=C(O)N(c1ccc(-c2ccncc2)cc1)c1ccc([N+](=O)[O-])cc1. The molecule has 1 aromatic heterocycles. The predicted molar refractivity (Wildman–Crippen MR) is 92.9 cm³/mol. The third kappa shape index (κ3) is 3.45. The number of nitro benzene ring substituents is 1. The van der Waals surface area contributed by atoms with E-state index in [2.05, 4.69) is 4.98 Å². The van der Waals surface area contributed by atoms with Gasteiger partial charge in [-0.15, -0.1) is 0 Å². The second kappa shape index (κ2) is 6.79. The minimum Gasteiger partial charge on any atom is -0.464 e. The summed E-state index contributed by atoms with van der Waals surface area (Å²) >= 11 is 0. The molecule has 1 heterocycles. The molecule has 124 valence electrons. The summed E-state index contributed by atoms with van der Waals surface area (Å²) in [5.41, 5.74) is 2.58. The van der Waals surface area contributed by atoms with Crippen molar-refractivity contribution in [2.45, 2.75) is 0 Å². The van der Waals surface area contributed by atoms with E-state index in [9.17, 15) is 20.0 Å². The van der Waals surface area contributed by atoms with Gasteiger partial charge < -0.3 is 5.11 Å². The zero-order valence-electron chi connectivity index (χ0n) is 12.9. The minimum atomic E-state index is -1.18. The van der Waals surface area contributed by atoms with Crippen LogP contribution in [-0.2, 0) is 0 Å². The average Bonchev–Trinajstić information content (AvgIpc) is 2.63. The monoisotopic (exact) mass is 335 g/mol. The molecule has 3 aromatic rings. The van der Waals surface area contributed by atoms with E-state index in [0.717, 1.165) is 16.0 Å². The first kappa shape index (κ1) is 16.1. The molecule has 1 N–H and O–H groups in total. The molecule has 0 atom stereocenters. The van der Waals surface area contributed by atoms with Crippen LogP contribution in [-0.4, -0.2) is 21.1 Å². The van der Waals surface area contributed by atoms with E-state index in [1.54, 1.807) is 24.5 Å². The molecule has 0 bridgehead atoms. The van der Waals surface area contributed by atoms with Crippen LogP contribution in [0.4, 0.5) is 21.9 Å². The van der Waals surface area contributed by atoms with Gasteiger partial charge in [-0.05, 0) is 47.5 Å². The number of hydrogen-bond acceptors (Lipinski definition) is 4. The Labute approximate surface area is 142 Å². The molecule has 0 aliphatic carbocycles. The Bertz CT molecular complexity index is 894. The van der Waals surface area contributed by atoms with Crippen molar-refractivity contribution >= 4 is 23.2 Å². The number of nitro groups is 1. The van der Waals surface area contributed by atoms with Crippen LogP contribution in [0.2, 0.25) is 0 Å². The van der Waals surface area contributed by atoms with Gasteiger partial charge in [0.25, 0.3) is 5.69 Å². The van der Waals surface area contributed by atoms with Crippen LogP contribution in [0.15, 0.2) is 73.1 Å². The van der Waals surface area contributed by atoms with Crippen LogP contribution in [0.5, 0.6) is 0 Å². The molecule has 2 aromatic carbocycles. The lowest BCUT2D eigenvalue weighted by Crippen LogP contribution is -2.23. The van der Waals surface area contributed by atoms with Gasteiger partial charge in [0, 0.05) is 24.5 Å². The molecule has 0 saturated heterocycles. The fraction of sp³-hybridized carbons (Fsp3) is 0. The lowest BCUT2D eigenvalue weighted by molar-refractivity contribution is -0.384. The molecule has 0 saturated carbocycles. The van der Waals surface area contributed by atoms with E-state index >= 15 is 0 Å². The summed E-state index contributed by atoms with van der Waals surface area (Å²) in [6.45, 7) is 0. The Morgan fingerprint density at radius 3 is 1.84 bits per heavy atom. The van der Waals surface area contributed by atoms with Gasteiger partial charge in [0.1, 0.15) is 0 Å². The largest absolute Gasteiger partial charge is 0.464 e. The number of amides is 1. The molecule has 3 rings (SSSR count). The number of hydrogen-bond donors (Lipinski definition) is 1. The van der Waals surface area contributed by atoms with E-state index in [4.69, 9.17) is 0 Å². The van der Waals surface area contributed by atoms with Gasteiger partial charge in [-0.2, -0.15) is 0 Å². The third-order valence-corrected chi connectivity index (χ3v) is 3.65. The normalized spacial score (nSPS) is 10.2. The second-order valence-electron chi connectivity index (χ2n) is 5.17. The van der Waals surface area contributed by atoms with Crippen molar-refractivity contribution in [2.24, 2.45) is 0 Å². The number of pyridine rings is 1. The minimum absolute atomic E-state index is 0.0953. The van der Waals surface area contributed by atoms with Crippen LogP contribution >= 0.6 is 0 Å². The summed E-state index contributed by atoms with van der Waals surface area (Å²) in [5, 5.41) is 20.3. The number of carboxylic acid groups (broad SMARTS) is 1. The van der Waals surface area contributed by atoms with Crippen LogP contribution in [0.1, 0.15) is 0 Å². The Balaban J connectivity index is 1.93. The Morgan fingerprint density at radius 2 is 1.36 bits per heavy atom. The number of nitrogens with zero attached hydrogens (tertiary/aromatic N) is 3. The average molecular weight is 335 g/mol. The van der Waals surface area contributed by atoms with Crippen molar-refractivity contribution in [3.05, 3.63) is 83.2 Å². The molecule has 1 amide bonds. The number of carbonyl (C=O) groups is 1. The molecule has 7 heteroatoms. The van der Waals surface area contributed by atoms with E-state index in [-0.39, 0.29) is 5.69 Å². The molecular weight excluding hydrogens is 322 g/mol. The molecule has 0 fully saturated rings. The van der Waals surface area contributed by atoms with Gasteiger partial charge in [0.05, 0.1) is 16.3 Å². The molecular formula is C18H13N3O4. The number of anilines is 2. The number of benzene rings is 2. The highest BCUT2D eigenvalue weighted by Crippen LogP contribution is 2.29. The molecule has 7 nitrogen and oxygen atoms in total. The fourth-order valence-corrected chi connectivity index (χ4v) is 2.44. The third-order valence-electron chi connectivity index (χ3n) is 3.65. The van der Waals surface area contributed by atoms with Crippen LogP contribution < -0.4 is 4.90 Å². The predicted octanol–water partition coefficient (Wildman–Crippen LogP) is 4.47. The quantitative estimate of drug-likeness (QED) is 0.560. The summed E-state index contributed by atoms with van der Waals surface area (Å²) in [6.07, 6.45) is 2.19. The summed E-state index contributed by atoms with van der Waals surface area (Å²) in [4.78, 5) is 26.9. The Kier molecular flexibility index (Phi) is 4.38. The van der Waals surface area contributed by atoms with E-state index in [0.29, 0.717) is 11.4 Å². The van der Waals surface area contributed by atoms with Gasteiger partial charge in [-0.3, -0.25) is 15.1 Å². The van der Waals surface area contributed by atoms with Gasteiger partial charge in [0.15, 0.2) is 0 Å². The highest BCUT2D eigenvalue weighted by molar-refractivity contribution is 5.95. The summed E-state index contributed by atoms with van der Waals surface area (Å²) in [7, 11) is 0. The van der Waals surface area contributed by atoms with Crippen molar-refractivity contribution in [3.63, 3.8) is 0 Å². The van der Waals surface area contributed by atoms with Crippen molar-refractivity contribution in [1.82, 2.24) is 4.98 Å². The second-order valence-corrected chi connectivity index (χ2v) is 5.17. The lowest BCUT2D eigenvalue weighted by Gasteiger charge is -2.19. The summed E-state index contributed by atoms with van der Waals surface area (Å²) < 4.78 is 0. The van der Waals surface area contributed by atoms with E-state index < -0.39 is 11.0 Å². The molecule has 0 unspecified atom stereocenters. The zero-order valence-corrected chi connectivity index (χ0v) is 12.9. The number of non-ortho nitro benzene ring substituents is 1. The van der Waals surface area contributed by atoms with Crippen LogP contribution in [0.3, 0.4) is 0 Å². The maximum absolute atomic E-state index is 11.7. The van der Waals surface area contributed by atoms with E-state index in [1.807, 2.05) is 24.3 Å². The first-order valence-corrected chi connectivity index (χ1v) is 7.34. The molecule has 25 heavy (non-hydrogen) atoms. The topological polar surface area (TPSA) is 96.6 Å². The first-order valence-electron chi connectivity index (χ1n) is 7.34. The summed E-state index contributed by atoms with van der Waals surface area (Å²) in [5.74, 6) is 0. The Morgan fingerprint density at radius 1 is 0.880 bits per heavy atom. The maximum Gasteiger partial charge on any atom is 0.416 e. The lowest BCUT2D eigenvalue weighted by atomic mass is 10.1. The molecule has 0 spiro atoms. The van der Waals surface area contributed by atoms with Crippen molar-refractivity contribution in [3.8, 4) is 11.1 Å². The summed E-state index contributed by atoms with van der Waals surface area (Å²) in [6, 6.07) is 16.1. The number of aromatic nitrogens is 1.